The minimum atomic E-state index is -4.20. The molecule has 4 rings (SSSR count). The van der Waals surface area contributed by atoms with Gasteiger partial charge in [0.2, 0.25) is 11.8 Å². The SMILES string of the molecule is CNC(=O)[C@H](C)N(Cc1ccc(F)cc1)C(=O)CN(c1ccc2c(c1)OCCO2)S(=O)(=O)c1ccccc1. The average molecular weight is 542 g/mol. The Bertz CT molecular complexity index is 1400. The van der Waals surface area contributed by atoms with E-state index in [9.17, 15) is 22.4 Å². The van der Waals surface area contributed by atoms with Crippen LogP contribution >= 0.6 is 0 Å². The number of benzene rings is 3. The summed E-state index contributed by atoms with van der Waals surface area (Å²) >= 11 is 0. The highest BCUT2D eigenvalue weighted by Gasteiger charge is 2.33. The van der Waals surface area contributed by atoms with Crippen LogP contribution in [0.1, 0.15) is 12.5 Å². The number of carbonyl (C=O) groups is 2. The lowest BCUT2D eigenvalue weighted by Gasteiger charge is -2.32. The van der Waals surface area contributed by atoms with Gasteiger partial charge in [-0.05, 0) is 48.9 Å². The van der Waals surface area contributed by atoms with E-state index in [4.69, 9.17) is 9.47 Å². The molecule has 2 amide bonds. The molecule has 0 saturated heterocycles. The Morgan fingerprint density at radius 2 is 1.63 bits per heavy atom. The Morgan fingerprint density at radius 1 is 0.974 bits per heavy atom. The fourth-order valence-electron chi connectivity index (χ4n) is 4.01. The van der Waals surface area contributed by atoms with Crippen LogP contribution in [0.2, 0.25) is 0 Å². The third-order valence-electron chi connectivity index (χ3n) is 6.10. The molecule has 1 aliphatic rings. The van der Waals surface area contributed by atoms with Crippen molar-refractivity contribution in [1.29, 1.82) is 0 Å². The fraction of sp³-hybridized carbons (Fsp3) is 0.259. The van der Waals surface area contributed by atoms with Crippen molar-refractivity contribution in [3.8, 4) is 11.5 Å². The molecule has 38 heavy (non-hydrogen) atoms. The zero-order valence-corrected chi connectivity index (χ0v) is 21.8. The van der Waals surface area contributed by atoms with Gasteiger partial charge in [0.1, 0.15) is 31.6 Å². The van der Waals surface area contributed by atoms with Crippen molar-refractivity contribution in [2.24, 2.45) is 0 Å². The summed E-state index contributed by atoms with van der Waals surface area (Å²) in [5.41, 5.74) is 0.771. The van der Waals surface area contributed by atoms with Crippen molar-refractivity contribution in [2.45, 2.75) is 24.4 Å². The molecule has 1 aliphatic heterocycles. The van der Waals surface area contributed by atoms with E-state index in [1.165, 1.54) is 60.5 Å². The second-order valence-corrected chi connectivity index (χ2v) is 10.5. The van der Waals surface area contributed by atoms with Gasteiger partial charge in [0.25, 0.3) is 10.0 Å². The third kappa shape index (κ3) is 5.88. The summed E-state index contributed by atoms with van der Waals surface area (Å²) in [4.78, 5) is 27.5. The maximum Gasteiger partial charge on any atom is 0.264 e. The van der Waals surface area contributed by atoms with E-state index in [1.54, 1.807) is 31.2 Å². The van der Waals surface area contributed by atoms with Crippen molar-refractivity contribution < 1.29 is 31.9 Å². The first-order chi connectivity index (χ1) is 18.2. The van der Waals surface area contributed by atoms with Crippen molar-refractivity contribution in [3.05, 3.63) is 84.2 Å². The standard InChI is InChI=1S/C27H28FN3O6S/c1-19(27(33)29-2)30(17-20-8-10-21(28)11-9-20)26(32)18-31(38(34,35)23-6-4-3-5-7-23)22-12-13-24-25(16-22)37-15-14-36-24/h3-13,16,19H,14-15,17-18H2,1-2H3,(H,29,33)/t19-/m0/s1. The molecule has 0 aromatic heterocycles. The first kappa shape index (κ1) is 26.9. The lowest BCUT2D eigenvalue weighted by molar-refractivity contribution is -0.139. The first-order valence-electron chi connectivity index (χ1n) is 11.9. The number of ether oxygens (including phenoxy) is 2. The van der Waals surface area contributed by atoms with E-state index in [0.29, 0.717) is 30.3 Å². The number of sulfonamides is 1. The van der Waals surface area contributed by atoms with Crippen LogP contribution in [0.4, 0.5) is 10.1 Å². The predicted octanol–water partition coefficient (Wildman–Crippen LogP) is 2.96. The number of fused-ring (bicyclic) bond motifs is 1. The van der Waals surface area contributed by atoms with E-state index in [1.807, 2.05) is 0 Å². The van der Waals surface area contributed by atoms with Crippen LogP contribution in [0.3, 0.4) is 0 Å². The van der Waals surface area contributed by atoms with Gasteiger partial charge in [-0.2, -0.15) is 0 Å². The number of rotatable bonds is 9. The Kier molecular flexibility index (Phi) is 8.16. The van der Waals surface area contributed by atoms with Gasteiger partial charge in [-0.1, -0.05) is 30.3 Å². The van der Waals surface area contributed by atoms with Gasteiger partial charge in [0, 0.05) is 19.7 Å². The molecule has 0 bridgehead atoms. The molecule has 9 nitrogen and oxygen atoms in total. The van der Waals surface area contributed by atoms with Crippen molar-refractivity contribution in [1.82, 2.24) is 10.2 Å². The minimum absolute atomic E-state index is 0.00729. The number of anilines is 1. The van der Waals surface area contributed by atoms with Crippen molar-refractivity contribution in [2.75, 3.05) is 31.1 Å². The molecule has 0 aliphatic carbocycles. The highest BCUT2D eigenvalue weighted by atomic mass is 32.2. The zero-order chi connectivity index (χ0) is 27.3. The number of nitrogens with zero attached hydrogens (tertiary/aromatic N) is 2. The molecule has 11 heteroatoms. The van der Waals surface area contributed by atoms with Crippen LogP contribution in [-0.4, -0.2) is 58.0 Å². The summed E-state index contributed by atoms with van der Waals surface area (Å²) in [7, 11) is -2.75. The van der Waals surface area contributed by atoms with Crippen LogP contribution in [0.15, 0.2) is 77.7 Å². The van der Waals surface area contributed by atoms with Gasteiger partial charge in [0.15, 0.2) is 11.5 Å². The van der Waals surface area contributed by atoms with Gasteiger partial charge in [-0.3, -0.25) is 13.9 Å². The summed E-state index contributed by atoms with van der Waals surface area (Å²) in [6.07, 6.45) is 0. The number of hydrogen-bond acceptors (Lipinski definition) is 6. The van der Waals surface area contributed by atoms with Crippen LogP contribution in [0, 0.1) is 5.82 Å². The molecule has 200 valence electrons. The van der Waals surface area contributed by atoms with Gasteiger partial charge in [-0.15, -0.1) is 0 Å². The number of amides is 2. The van der Waals surface area contributed by atoms with Crippen LogP contribution in [0.5, 0.6) is 11.5 Å². The fourth-order valence-corrected chi connectivity index (χ4v) is 5.44. The number of carbonyl (C=O) groups excluding carboxylic acids is 2. The van der Waals surface area contributed by atoms with E-state index < -0.39 is 40.2 Å². The Morgan fingerprint density at radius 3 is 2.29 bits per heavy atom. The molecule has 3 aromatic carbocycles. The van der Waals surface area contributed by atoms with E-state index in [-0.39, 0.29) is 17.1 Å². The predicted molar refractivity (Wildman–Crippen MR) is 139 cm³/mol. The highest BCUT2D eigenvalue weighted by Crippen LogP contribution is 2.36. The second kappa shape index (κ2) is 11.5. The largest absolute Gasteiger partial charge is 0.486 e. The minimum Gasteiger partial charge on any atom is -0.486 e. The maximum absolute atomic E-state index is 13.8. The highest BCUT2D eigenvalue weighted by molar-refractivity contribution is 7.92. The van der Waals surface area contributed by atoms with Crippen LogP contribution in [-0.2, 0) is 26.2 Å². The van der Waals surface area contributed by atoms with Gasteiger partial charge >= 0.3 is 0 Å². The van der Waals surface area contributed by atoms with Gasteiger partial charge in [-0.25, -0.2) is 12.8 Å². The molecule has 0 unspecified atom stereocenters. The molecular weight excluding hydrogens is 513 g/mol. The van der Waals surface area contributed by atoms with Crippen LogP contribution < -0.4 is 19.1 Å². The lowest BCUT2D eigenvalue weighted by Crippen LogP contribution is -2.50. The Hall–Kier alpha value is -4.12. The third-order valence-corrected chi connectivity index (χ3v) is 7.89. The first-order valence-corrected chi connectivity index (χ1v) is 13.4. The van der Waals surface area contributed by atoms with Gasteiger partial charge < -0.3 is 19.7 Å². The molecule has 1 atom stereocenters. The van der Waals surface area contributed by atoms with E-state index in [2.05, 4.69) is 5.32 Å². The van der Waals surface area contributed by atoms with Crippen LogP contribution in [0.25, 0.3) is 0 Å². The van der Waals surface area contributed by atoms with E-state index >= 15 is 0 Å². The molecule has 1 N–H and O–H groups in total. The average Bonchev–Trinajstić information content (AvgIpc) is 2.94. The Labute approximate surface area is 220 Å². The summed E-state index contributed by atoms with van der Waals surface area (Å²) < 4.78 is 53.2. The summed E-state index contributed by atoms with van der Waals surface area (Å²) in [5, 5.41) is 2.52. The van der Waals surface area contributed by atoms with Crippen molar-refractivity contribution >= 4 is 27.5 Å². The van der Waals surface area contributed by atoms with Crippen molar-refractivity contribution in [3.63, 3.8) is 0 Å². The number of hydrogen-bond donors (Lipinski definition) is 1. The summed E-state index contributed by atoms with van der Waals surface area (Å²) in [5.74, 6) is -0.673. The number of nitrogens with one attached hydrogen (secondary N) is 1. The lowest BCUT2D eigenvalue weighted by atomic mass is 10.1. The number of halogens is 1. The number of likely N-dealkylation sites (N-methyl/N-ethyl adjacent to an activating group) is 1. The Balaban J connectivity index is 1.73. The summed E-state index contributed by atoms with van der Waals surface area (Å²) in [6.45, 7) is 1.58. The zero-order valence-electron chi connectivity index (χ0n) is 21.0. The van der Waals surface area contributed by atoms with E-state index in [0.717, 1.165) is 4.31 Å². The second-order valence-electron chi connectivity index (χ2n) is 8.59. The summed E-state index contributed by atoms with van der Waals surface area (Å²) in [6, 6.07) is 17.0. The smallest absolute Gasteiger partial charge is 0.264 e. The molecule has 3 aromatic rings. The maximum atomic E-state index is 13.8. The molecule has 0 fully saturated rings. The normalized spacial score (nSPS) is 13.3. The molecule has 0 radical (unpaired) electrons. The molecule has 1 heterocycles. The van der Waals surface area contributed by atoms with Gasteiger partial charge in [0.05, 0.1) is 10.6 Å². The quantitative estimate of drug-likeness (QED) is 0.447. The topological polar surface area (TPSA) is 105 Å². The monoisotopic (exact) mass is 541 g/mol. The molecular formula is C27H28FN3O6S. The molecule has 0 spiro atoms. The molecule has 0 saturated carbocycles.